The van der Waals surface area contributed by atoms with Crippen molar-refractivity contribution in [1.29, 1.82) is 5.26 Å². The van der Waals surface area contributed by atoms with Gasteiger partial charge in [-0.3, -0.25) is 0 Å². The van der Waals surface area contributed by atoms with Gasteiger partial charge in [0.25, 0.3) is 0 Å². The SMILES string of the molecule is C/C(=C/Cl)COc1c(C#N)oc2ccccc12. The molecule has 1 heterocycles. The molecule has 0 aliphatic carbocycles. The molecule has 17 heavy (non-hydrogen) atoms. The van der Waals surface area contributed by atoms with E-state index >= 15 is 0 Å². The van der Waals surface area contributed by atoms with E-state index in [4.69, 9.17) is 26.0 Å². The predicted octanol–water partition coefficient (Wildman–Crippen LogP) is 3.83. The molecule has 1 aromatic heterocycles. The van der Waals surface area contributed by atoms with Crippen LogP contribution >= 0.6 is 11.6 Å². The van der Waals surface area contributed by atoms with E-state index in [1.54, 1.807) is 6.07 Å². The third kappa shape index (κ3) is 2.27. The van der Waals surface area contributed by atoms with Gasteiger partial charge in [0.05, 0.1) is 5.39 Å². The Morgan fingerprint density at radius 2 is 2.29 bits per heavy atom. The zero-order chi connectivity index (χ0) is 12.3. The van der Waals surface area contributed by atoms with Crippen LogP contribution in [0, 0.1) is 11.3 Å². The van der Waals surface area contributed by atoms with Crippen LogP contribution in [0.15, 0.2) is 39.8 Å². The van der Waals surface area contributed by atoms with Crippen LogP contribution in [0.25, 0.3) is 11.0 Å². The zero-order valence-electron chi connectivity index (χ0n) is 9.24. The first kappa shape index (κ1) is 11.6. The standard InChI is InChI=1S/C13H10ClNO2/c1-9(6-14)8-16-13-10-4-2-3-5-11(10)17-12(13)7-15/h2-6H,8H2,1H3/b9-6-. The van der Waals surface area contributed by atoms with E-state index in [2.05, 4.69) is 0 Å². The van der Waals surface area contributed by atoms with Gasteiger partial charge >= 0.3 is 0 Å². The Hall–Kier alpha value is -1.92. The molecule has 3 nitrogen and oxygen atoms in total. The molecule has 0 spiro atoms. The van der Waals surface area contributed by atoms with E-state index in [0.29, 0.717) is 17.9 Å². The molecule has 0 aliphatic rings. The van der Waals surface area contributed by atoms with Gasteiger partial charge in [0.15, 0.2) is 5.75 Å². The largest absolute Gasteiger partial charge is 0.484 e. The van der Waals surface area contributed by atoms with Gasteiger partial charge in [-0.1, -0.05) is 23.7 Å². The second kappa shape index (κ2) is 4.94. The number of hydrogen-bond acceptors (Lipinski definition) is 3. The molecule has 0 N–H and O–H groups in total. The smallest absolute Gasteiger partial charge is 0.246 e. The van der Waals surface area contributed by atoms with Crippen LogP contribution < -0.4 is 4.74 Å². The molecule has 4 heteroatoms. The number of rotatable bonds is 3. The number of nitriles is 1. The number of ether oxygens (including phenoxy) is 1. The Bertz CT molecular complexity index is 607. The molecular weight excluding hydrogens is 238 g/mol. The molecule has 1 aromatic carbocycles. The molecule has 0 saturated heterocycles. The summed E-state index contributed by atoms with van der Waals surface area (Å²) in [5.41, 5.74) is 2.97. The Balaban J connectivity index is 2.41. The average molecular weight is 248 g/mol. The van der Waals surface area contributed by atoms with Crippen LogP contribution in [-0.2, 0) is 0 Å². The lowest BCUT2D eigenvalue weighted by Gasteiger charge is -2.03. The molecular formula is C13H10ClNO2. The summed E-state index contributed by atoms with van der Waals surface area (Å²) in [7, 11) is 0. The number of benzene rings is 1. The summed E-state index contributed by atoms with van der Waals surface area (Å²) < 4.78 is 10.9. The van der Waals surface area contributed by atoms with E-state index < -0.39 is 0 Å². The molecule has 0 radical (unpaired) electrons. The summed E-state index contributed by atoms with van der Waals surface area (Å²) in [5.74, 6) is 0.662. The van der Waals surface area contributed by atoms with Crippen LogP contribution in [0.1, 0.15) is 12.7 Å². The number of furan rings is 1. The van der Waals surface area contributed by atoms with E-state index in [1.165, 1.54) is 5.54 Å². The number of nitrogens with zero attached hydrogens (tertiary/aromatic N) is 1. The van der Waals surface area contributed by atoms with Crippen molar-refractivity contribution in [3.63, 3.8) is 0 Å². The van der Waals surface area contributed by atoms with Crippen molar-refractivity contribution in [3.05, 3.63) is 41.1 Å². The minimum atomic E-state index is 0.188. The predicted molar refractivity (Wildman–Crippen MR) is 66.0 cm³/mol. The first-order chi connectivity index (χ1) is 8.26. The summed E-state index contributed by atoms with van der Waals surface area (Å²) in [4.78, 5) is 0. The normalized spacial score (nSPS) is 11.5. The summed E-state index contributed by atoms with van der Waals surface area (Å²) >= 11 is 5.55. The second-order valence-corrected chi connectivity index (χ2v) is 3.83. The fourth-order valence-electron chi connectivity index (χ4n) is 1.46. The minimum Gasteiger partial charge on any atom is -0.484 e. The highest BCUT2D eigenvalue weighted by Crippen LogP contribution is 2.32. The van der Waals surface area contributed by atoms with Crippen molar-refractivity contribution in [3.8, 4) is 11.8 Å². The zero-order valence-corrected chi connectivity index (χ0v) is 9.99. The fourth-order valence-corrected chi connectivity index (χ4v) is 1.52. The Kier molecular flexibility index (Phi) is 3.36. The van der Waals surface area contributed by atoms with Crippen molar-refractivity contribution in [2.45, 2.75) is 6.92 Å². The molecule has 0 unspecified atom stereocenters. The molecule has 86 valence electrons. The van der Waals surface area contributed by atoms with Crippen LogP contribution in [0.4, 0.5) is 0 Å². The van der Waals surface area contributed by atoms with Gasteiger partial charge in [0.1, 0.15) is 18.3 Å². The average Bonchev–Trinajstić information content (AvgIpc) is 2.73. The number of fused-ring (bicyclic) bond motifs is 1. The molecule has 2 rings (SSSR count). The maximum atomic E-state index is 8.98. The molecule has 0 fully saturated rings. The van der Waals surface area contributed by atoms with Gasteiger partial charge in [-0.15, -0.1) is 0 Å². The molecule has 0 atom stereocenters. The van der Waals surface area contributed by atoms with Crippen molar-refractivity contribution in [2.75, 3.05) is 6.61 Å². The van der Waals surface area contributed by atoms with Gasteiger partial charge in [-0.25, -0.2) is 0 Å². The highest BCUT2D eigenvalue weighted by atomic mass is 35.5. The minimum absolute atomic E-state index is 0.188. The highest BCUT2D eigenvalue weighted by Gasteiger charge is 2.14. The van der Waals surface area contributed by atoms with E-state index in [-0.39, 0.29) is 5.76 Å². The lowest BCUT2D eigenvalue weighted by molar-refractivity contribution is 0.348. The maximum Gasteiger partial charge on any atom is 0.246 e. The van der Waals surface area contributed by atoms with Crippen molar-refractivity contribution in [2.24, 2.45) is 0 Å². The van der Waals surface area contributed by atoms with Crippen LogP contribution in [-0.4, -0.2) is 6.61 Å². The third-order valence-electron chi connectivity index (χ3n) is 2.28. The van der Waals surface area contributed by atoms with Crippen LogP contribution in [0.3, 0.4) is 0 Å². The van der Waals surface area contributed by atoms with E-state index in [0.717, 1.165) is 11.0 Å². The quantitative estimate of drug-likeness (QED) is 0.828. The lowest BCUT2D eigenvalue weighted by atomic mass is 10.2. The maximum absolute atomic E-state index is 8.98. The van der Waals surface area contributed by atoms with Gasteiger partial charge in [0, 0.05) is 5.54 Å². The third-order valence-corrected chi connectivity index (χ3v) is 2.65. The number of para-hydroxylation sites is 1. The summed E-state index contributed by atoms with van der Waals surface area (Å²) in [5, 5.41) is 9.78. The highest BCUT2D eigenvalue weighted by molar-refractivity contribution is 6.25. The summed E-state index contributed by atoms with van der Waals surface area (Å²) in [6.07, 6.45) is 0. The van der Waals surface area contributed by atoms with Gasteiger partial charge < -0.3 is 9.15 Å². The molecule has 2 aromatic rings. The summed E-state index contributed by atoms with van der Waals surface area (Å²) in [6, 6.07) is 9.36. The second-order valence-electron chi connectivity index (χ2n) is 3.61. The molecule has 0 amide bonds. The Morgan fingerprint density at radius 1 is 1.53 bits per heavy atom. The first-order valence-corrected chi connectivity index (χ1v) is 5.50. The Labute approximate surface area is 104 Å². The first-order valence-electron chi connectivity index (χ1n) is 5.06. The topological polar surface area (TPSA) is 46.2 Å². The van der Waals surface area contributed by atoms with Crippen molar-refractivity contribution in [1.82, 2.24) is 0 Å². The van der Waals surface area contributed by atoms with E-state index in [9.17, 15) is 0 Å². The van der Waals surface area contributed by atoms with Crippen molar-refractivity contribution < 1.29 is 9.15 Å². The fraction of sp³-hybridized carbons (Fsp3) is 0.154. The molecule has 0 aliphatic heterocycles. The van der Waals surface area contributed by atoms with Gasteiger partial charge in [0.2, 0.25) is 5.76 Å². The lowest BCUT2D eigenvalue weighted by Crippen LogP contribution is -1.98. The van der Waals surface area contributed by atoms with Gasteiger partial charge in [-0.05, 0) is 24.6 Å². The number of hydrogen-bond donors (Lipinski definition) is 0. The van der Waals surface area contributed by atoms with Crippen LogP contribution in [0.5, 0.6) is 5.75 Å². The van der Waals surface area contributed by atoms with Gasteiger partial charge in [-0.2, -0.15) is 5.26 Å². The summed E-state index contributed by atoms with van der Waals surface area (Å²) in [6.45, 7) is 2.18. The van der Waals surface area contributed by atoms with Crippen molar-refractivity contribution >= 4 is 22.6 Å². The molecule has 0 saturated carbocycles. The molecule has 0 bridgehead atoms. The van der Waals surface area contributed by atoms with E-state index in [1.807, 2.05) is 31.2 Å². The number of halogens is 1. The Morgan fingerprint density at radius 3 is 3.00 bits per heavy atom. The van der Waals surface area contributed by atoms with Crippen LogP contribution in [0.2, 0.25) is 0 Å². The monoisotopic (exact) mass is 247 g/mol.